The fourth-order valence-electron chi connectivity index (χ4n) is 4.69. The van der Waals surface area contributed by atoms with Crippen molar-refractivity contribution in [1.29, 1.82) is 0 Å². The first kappa shape index (κ1) is 18.8. The summed E-state index contributed by atoms with van der Waals surface area (Å²) in [4.78, 5) is 21.8. The molecule has 0 bridgehead atoms. The molecule has 2 saturated heterocycles. The van der Waals surface area contributed by atoms with Crippen LogP contribution in [0.15, 0.2) is 54.9 Å². The van der Waals surface area contributed by atoms with E-state index in [2.05, 4.69) is 44.3 Å². The van der Waals surface area contributed by atoms with Crippen LogP contribution in [0.4, 0.5) is 5.82 Å². The molecule has 0 N–H and O–H groups in total. The fraction of sp³-hybridized carbons (Fsp3) is 0.391. The summed E-state index contributed by atoms with van der Waals surface area (Å²) >= 11 is 0. The second-order valence-corrected chi connectivity index (χ2v) is 8.37. The molecule has 2 aliphatic heterocycles. The molecule has 2 fully saturated rings. The molecule has 1 amide bonds. The van der Waals surface area contributed by atoms with E-state index in [9.17, 15) is 4.79 Å². The van der Waals surface area contributed by atoms with Crippen LogP contribution in [0.5, 0.6) is 0 Å². The lowest BCUT2D eigenvalue weighted by Crippen LogP contribution is -2.37. The van der Waals surface area contributed by atoms with Crippen molar-refractivity contribution >= 4 is 11.7 Å². The highest BCUT2D eigenvalue weighted by molar-refractivity contribution is 5.86. The van der Waals surface area contributed by atoms with E-state index in [1.807, 2.05) is 40.9 Å². The van der Waals surface area contributed by atoms with Crippen molar-refractivity contribution in [2.24, 2.45) is 12.5 Å². The van der Waals surface area contributed by atoms with Gasteiger partial charge >= 0.3 is 0 Å². The number of rotatable bonds is 5. The molecule has 30 heavy (non-hydrogen) atoms. The molecule has 154 valence electrons. The van der Waals surface area contributed by atoms with Crippen LogP contribution in [0.3, 0.4) is 0 Å². The van der Waals surface area contributed by atoms with E-state index < -0.39 is 0 Å². The predicted molar refractivity (Wildman–Crippen MR) is 115 cm³/mol. The molecule has 4 heterocycles. The number of hydrogen-bond donors (Lipinski definition) is 0. The summed E-state index contributed by atoms with van der Waals surface area (Å²) in [6.07, 6.45) is 6.37. The molecule has 2 aliphatic rings. The van der Waals surface area contributed by atoms with Crippen LogP contribution in [0.25, 0.3) is 11.5 Å². The zero-order valence-electron chi connectivity index (χ0n) is 17.2. The second-order valence-electron chi connectivity index (χ2n) is 8.37. The quantitative estimate of drug-likeness (QED) is 0.656. The average molecular weight is 403 g/mol. The van der Waals surface area contributed by atoms with Crippen LogP contribution in [0, 0.1) is 5.41 Å². The minimum absolute atomic E-state index is 0.267. The Morgan fingerprint density at radius 1 is 1.03 bits per heavy atom. The number of nitrogens with zero attached hydrogens (tertiary/aromatic N) is 6. The maximum atomic E-state index is 13.2. The molecule has 1 atom stereocenters. The Labute approximate surface area is 176 Å². The van der Waals surface area contributed by atoms with Crippen LogP contribution >= 0.6 is 0 Å². The largest absolute Gasteiger partial charge is 0.354 e. The minimum atomic E-state index is -0.267. The molecule has 2 aromatic heterocycles. The second kappa shape index (κ2) is 7.55. The van der Waals surface area contributed by atoms with Crippen LogP contribution in [0.2, 0.25) is 0 Å². The lowest BCUT2D eigenvalue weighted by atomic mass is 9.85. The average Bonchev–Trinajstić information content (AvgIpc) is 3.49. The first-order valence-electron chi connectivity index (χ1n) is 10.5. The molecular formula is C23H26N6O. The Balaban J connectivity index is 1.24. The lowest BCUT2D eigenvalue weighted by Gasteiger charge is -2.24. The minimum Gasteiger partial charge on any atom is -0.354 e. The first-order valence-corrected chi connectivity index (χ1v) is 10.5. The zero-order valence-corrected chi connectivity index (χ0v) is 17.2. The van der Waals surface area contributed by atoms with Gasteiger partial charge in [0.15, 0.2) is 11.6 Å². The van der Waals surface area contributed by atoms with Crippen LogP contribution in [-0.4, -0.2) is 56.7 Å². The summed E-state index contributed by atoms with van der Waals surface area (Å²) in [5.74, 6) is 1.94. The molecule has 3 aromatic rings. The summed E-state index contributed by atoms with van der Waals surface area (Å²) in [6.45, 7) is 3.21. The summed E-state index contributed by atoms with van der Waals surface area (Å²) < 4.78 is 1.93. The van der Waals surface area contributed by atoms with Crippen molar-refractivity contribution in [1.82, 2.24) is 24.6 Å². The smallest absolute Gasteiger partial charge is 0.230 e. The molecule has 0 saturated carbocycles. The van der Waals surface area contributed by atoms with Gasteiger partial charge in [0.2, 0.25) is 5.91 Å². The Kier molecular flexibility index (Phi) is 4.73. The van der Waals surface area contributed by atoms with E-state index in [0.717, 1.165) is 62.8 Å². The van der Waals surface area contributed by atoms with Gasteiger partial charge in [0.1, 0.15) is 5.69 Å². The van der Waals surface area contributed by atoms with Crippen molar-refractivity contribution in [2.75, 3.05) is 31.1 Å². The van der Waals surface area contributed by atoms with Gasteiger partial charge in [0, 0.05) is 45.6 Å². The Bertz CT molecular complexity index is 1030. The highest BCUT2D eigenvalue weighted by Crippen LogP contribution is 2.41. The molecule has 0 radical (unpaired) electrons. The van der Waals surface area contributed by atoms with Gasteiger partial charge in [0.05, 0.1) is 5.41 Å². The van der Waals surface area contributed by atoms with Crippen LogP contribution in [-0.2, 0) is 18.3 Å². The summed E-state index contributed by atoms with van der Waals surface area (Å²) in [5.41, 5.74) is 1.77. The number of aromatic nitrogens is 4. The maximum absolute atomic E-state index is 13.2. The van der Waals surface area contributed by atoms with E-state index in [-0.39, 0.29) is 5.41 Å². The highest BCUT2D eigenvalue weighted by Gasteiger charge is 2.50. The van der Waals surface area contributed by atoms with Crippen LogP contribution in [0.1, 0.15) is 18.4 Å². The van der Waals surface area contributed by atoms with Gasteiger partial charge in [-0.2, -0.15) is 0 Å². The van der Waals surface area contributed by atoms with Gasteiger partial charge in [-0.05, 0) is 37.0 Å². The number of amides is 1. The number of aryl methyl sites for hydroxylation is 1. The number of benzene rings is 1. The fourth-order valence-corrected chi connectivity index (χ4v) is 4.69. The maximum Gasteiger partial charge on any atom is 0.230 e. The number of hydrogen-bond acceptors (Lipinski definition) is 5. The summed E-state index contributed by atoms with van der Waals surface area (Å²) in [6, 6.07) is 14.3. The van der Waals surface area contributed by atoms with Crippen molar-refractivity contribution in [3.8, 4) is 11.5 Å². The van der Waals surface area contributed by atoms with Gasteiger partial charge < -0.3 is 14.4 Å². The first-order chi connectivity index (χ1) is 14.6. The van der Waals surface area contributed by atoms with Crippen LogP contribution < -0.4 is 4.90 Å². The van der Waals surface area contributed by atoms with Gasteiger partial charge in [-0.1, -0.05) is 30.3 Å². The standard InChI is InChI=1S/C23H26N6O/c1-27-16-12-24-21(27)19-7-8-20(26-25-19)29-15-11-23(17-29)10-14-28(22(23)30)13-9-18-5-3-2-4-6-18/h2-8,12,16H,9-11,13-15,17H2,1H3. The molecule has 7 heteroatoms. The normalized spacial score (nSPS) is 21.2. The molecule has 1 unspecified atom stereocenters. The van der Waals surface area contributed by atoms with Gasteiger partial charge in [-0.15, -0.1) is 10.2 Å². The third kappa shape index (κ3) is 3.34. The van der Waals surface area contributed by atoms with E-state index in [1.165, 1.54) is 5.56 Å². The van der Waals surface area contributed by atoms with E-state index >= 15 is 0 Å². The molecule has 1 spiro atoms. The third-order valence-corrected chi connectivity index (χ3v) is 6.49. The van der Waals surface area contributed by atoms with E-state index in [1.54, 1.807) is 6.20 Å². The number of anilines is 1. The van der Waals surface area contributed by atoms with E-state index in [4.69, 9.17) is 0 Å². The van der Waals surface area contributed by atoms with Crippen molar-refractivity contribution < 1.29 is 4.79 Å². The number of carbonyl (C=O) groups is 1. The SMILES string of the molecule is Cn1ccnc1-c1ccc(N2CCC3(CCN(CCc4ccccc4)C3=O)C2)nn1. The highest BCUT2D eigenvalue weighted by atomic mass is 16.2. The molecule has 7 nitrogen and oxygen atoms in total. The number of carbonyl (C=O) groups excluding carboxylic acids is 1. The van der Waals surface area contributed by atoms with Crippen molar-refractivity contribution in [2.45, 2.75) is 19.3 Å². The number of imidazole rings is 1. The van der Waals surface area contributed by atoms with Crippen molar-refractivity contribution in [3.63, 3.8) is 0 Å². The summed E-state index contributed by atoms with van der Waals surface area (Å²) in [5, 5.41) is 8.80. The van der Waals surface area contributed by atoms with E-state index in [0.29, 0.717) is 5.91 Å². The molecule has 1 aromatic carbocycles. The zero-order chi connectivity index (χ0) is 20.6. The molecular weight excluding hydrogens is 376 g/mol. The van der Waals surface area contributed by atoms with Gasteiger partial charge in [-0.3, -0.25) is 4.79 Å². The predicted octanol–water partition coefficient (Wildman–Crippen LogP) is 2.55. The molecule has 5 rings (SSSR count). The topological polar surface area (TPSA) is 67.2 Å². The monoisotopic (exact) mass is 402 g/mol. The molecule has 0 aliphatic carbocycles. The Morgan fingerprint density at radius 2 is 1.87 bits per heavy atom. The lowest BCUT2D eigenvalue weighted by molar-refractivity contribution is -0.135. The Morgan fingerprint density at radius 3 is 2.60 bits per heavy atom. The number of likely N-dealkylation sites (tertiary alicyclic amines) is 1. The van der Waals surface area contributed by atoms with Gasteiger partial charge in [-0.25, -0.2) is 4.98 Å². The van der Waals surface area contributed by atoms with Crippen molar-refractivity contribution in [3.05, 3.63) is 60.4 Å². The van der Waals surface area contributed by atoms with Gasteiger partial charge in [0.25, 0.3) is 0 Å². The summed E-state index contributed by atoms with van der Waals surface area (Å²) in [7, 11) is 1.94. The Hall–Kier alpha value is -3.22. The third-order valence-electron chi connectivity index (χ3n) is 6.49.